The van der Waals surface area contributed by atoms with Crippen LogP contribution in [-0.2, 0) is 9.68 Å². The molecule has 1 rings (SSSR count). The van der Waals surface area contributed by atoms with Crippen molar-refractivity contribution in [2.75, 3.05) is 13.2 Å². The molecule has 0 spiro atoms. The Morgan fingerprint density at radius 2 is 2.11 bits per heavy atom. The zero-order valence-electron chi connectivity index (χ0n) is 10.5. The first kappa shape index (κ1) is 14.2. The lowest BCUT2D eigenvalue weighted by molar-refractivity contribution is -0.328. The van der Waals surface area contributed by atoms with Gasteiger partial charge in [-0.05, 0) is 23.8 Å². The van der Waals surface area contributed by atoms with E-state index >= 15 is 0 Å². The summed E-state index contributed by atoms with van der Waals surface area (Å²) in [6, 6.07) is 8.69. The van der Waals surface area contributed by atoms with Gasteiger partial charge in [0.15, 0.2) is 0 Å². The van der Waals surface area contributed by atoms with E-state index in [1.165, 1.54) is 0 Å². The maximum Gasteiger partial charge on any atom is 0.359 e. The molecule has 0 heterocycles. The summed E-state index contributed by atoms with van der Waals surface area (Å²) in [7, 11) is 0. The standard InChI is InChI=1S/C14H17NO3/c1-3-5-12-17-15(11-4-2)18-14(16)13-9-7-6-8-10-13/h2,6-10H,3,5,11-12H2,1H3. The van der Waals surface area contributed by atoms with Gasteiger partial charge in [-0.3, -0.25) is 4.84 Å². The van der Waals surface area contributed by atoms with Gasteiger partial charge in [-0.15, -0.1) is 6.42 Å². The number of benzene rings is 1. The Morgan fingerprint density at radius 3 is 2.72 bits per heavy atom. The molecular formula is C14H17NO3. The molecule has 0 saturated carbocycles. The van der Waals surface area contributed by atoms with Gasteiger partial charge in [0, 0.05) is 0 Å². The first-order chi connectivity index (χ1) is 8.77. The van der Waals surface area contributed by atoms with E-state index < -0.39 is 5.97 Å². The Kier molecular flexibility index (Phi) is 6.55. The third kappa shape index (κ3) is 5.00. The highest BCUT2D eigenvalue weighted by Crippen LogP contribution is 2.04. The third-order valence-corrected chi connectivity index (χ3v) is 2.15. The second-order valence-electron chi connectivity index (χ2n) is 3.63. The fourth-order valence-electron chi connectivity index (χ4n) is 1.21. The molecule has 0 aliphatic rings. The molecule has 0 atom stereocenters. The number of nitrogens with zero attached hydrogens (tertiary/aromatic N) is 1. The van der Waals surface area contributed by atoms with Crippen molar-refractivity contribution < 1.29 is 14.5 Å². The van der Waals surface area contributed by atoms with Crippen molar-refractivity contribution in [2.24, 2.45) is 0 Å². The monoisotopic (exact) mass is 247 g/mol. The van der Waals surface area contributed by atoms with Crippen LogP contribution in [0.5, 0.6) is 0 Å². The van der Waals surface area contributed by atoms with Gasteiger partial charge < -0.3 is 4.84 Å². The lowest BCUT2D eigenvalue weighted by atomic mass is 10.2. The van der Waals surface area contributed by atoms with Crippen LogP contribution in [-0.4, -0.2) is 24.3 Å². The predicted molar refractivity (Wildman–Crippen MR) is 68.3 cm³/mol. The summed E-state index contributed by atoms with van der Waals surface area (Å²) < 4.78 is 0. The first-order valence-electron chi connectivity index (χ1n) is 5.89. The molecule has 0 aliphatic carbocycles. The van der Waals surface area contributed by atoms with Gasteiger partial charge in [-0.25, -0.2) is 4.79 Å². The van der Waals surface area contributed by atoms with Crippen molar-refractivity contribution in [3.05, 3.63) is 35.9 Å². The van der Waals surface area contributed by atoms with Gasteiger partial charge in [-0.1, -0.05) is 37.5 Å². The SMILES string of the molecule is C#CCN(OCCCC)OC(=O)c1ccccc1. The maximum atomic E-state index is 11.8. The highest BCUT2D eigenvalue weighted by Gasteiger charge is 2.13. The van der Waals surface area contributed by atoms with Gasteiger partial charge >= 0.3 is 5.97 Å². The molecule has 0 bridgehead atoms. The first-order valence-corrected chi connectivity index (χ1v) is 5.89. The van der Waals surface area contributed by atoms with E-state index in [0.29, 0.717) is 12.2 Å². The van der Waals surface area contributed by atoms with Crippen LogP contribution in [0.15, 0.2) is 30.3 Å². The van der Waals surface area contributed by atoms with Gasteiger partial charge in [0.1, 0.15) is 6.54 Å². The second-order valence-corrected chi connectivity index (χ2v) is 3.63. The molecule has 18 heavy (non-hydrogen) atoms. The normalized spacial score (nSPS) is 10.1. The summed E-state index contributed by atoms with van der Waals surface area (Å²) in [6.07, 6.45) is 7.06. The molecule has 0 unspecified atom stereocenters. The van der Waals surface area contributed by atoms with Crippen molar-refractivity contribution in [1.29, 1.82) is 0 Å². The minimum atomic E-state index is -0.484. The molecule has 4 heteroatoms. The average Bonchev–Trinajstić information content (AvgIpc) is 2.40. The van der Waals surface area contributed by atoms with E-state index in [4.69, 9.17) is 16.1 Å². The average molecular weight is 247 g/mol. The number of carbonyl (C=O) groups is 1. The highest BCUT2D eigenvalue weighted by molar-refractivity contribution is 5.89. The van der Waals surface area contributed by atoms with Crippen LogP contribution >= 0.6 is 0 Å². The Balaban J connectivity index is 2.50. The van der Waals surface area contributed by atoms with Crippen molar-refractivity contribution in [3.8, 4) is 12.3 Å². The number of hydrogen-bond acceptors (Lipinski definition) is 4. The number of unbranched alkanes of at least 4 members (excludes halogenated alkanes) is 1. The van der Waals surface area contributed by atoms with E-state index in [1.54, 1.807) is 24.3 Å². The summed E-state index contributed by atoms with van der Waals surface area (Å²) >= 11 is 0. The van der Waals surface area contributed by atoms with Crippen LogP contribution in [0.1, 0.15) is 30.1 Å². The van der Waals surface area contributed by atoms with Crippen LogP contribution in [0, 0.1) is 12.3 Å². The smallest absolute Gasteiger partial charge is 0.337 e. The van der Waals surface area contributed by atoms with Crippen molar-refractivity contribution in [2.45, 2.75) is 19.8 Å². The maximum absolute atomic E-state index is 11.8. The molecule has 0 fully saturated rings. The van der Waals surface area contributed by atoms with Crippen molar-refractivity contribution in [3.63, 3.8) is 0 Å². The number of carbonyl (C=O) groups excluding carboxylic acids is 1. The van der Waals surface area contributed by atoms with Crippen molar-refractivity contribution >= 4 is 5.97 Å². The fourth-order valence-corrected chi connectivity index (χ4v) is 1.21. The largest absolute Gasteiger partial charge is 0.359 e. The van der Waals surface area contributed by atoms with Crippen LogP contribution in [0.25, 0.3) is 0 Å². The van der Waals surface area contributed by atoms with Crippen LogP contribution in [0.4, 0.5) is 0 Å². The third-order valence-electron chi connectivity index (χ3n) is 2.15. The Morgan fingerprint density at radius 1 is 1.39 bits per heavy atom. The summed E-state index contributed by atoms with van der Waals surface area (Å²) in [4.78, 5) is 22.1. The fraction of sp³-hybridized carbons (Fsp3) is 0.357. The van der Waals surface area contributed by atoms with Gasteiger partial charge in [0.25, 0.3) is 0 Å². The van der Waals surface area contributed by atoms with E-state index in [9.17, 15) is 4.79 Å². The molecular weight excluding hydrogens is 230 g/mol. The van der Waals surface area contributed by atoms with E-state index in [2.05, 4.69) is 5.92 Å². The van der Waals surface area contributed by atoms with E-state index in [-0.39, 0.29) is 6.54 Å². The Hall–Kier alpha value is -1.83. The second kappa shape index (κ2) is 8.29. The predicted octanol–water partition coefficient (Wildman–Crippen LogP) is 2.43. The van der Waals surface area contributed by atoms with E-state index in [1.807, 2.05) is 13.0 Å². The summed E-state index contributed by atoms with van der Waals surface area (Å²) in [6.45, 7) is 2.62. The molecule has 96 valence electrons. The molecule has 0 saturated heterocycles. The number of hydroxylamine groups is 2. The van der Waals surface area contributed by atoms with Gasteiger partial charge in [-0.2, -0.15) is 0 Å². The molecule has 0 aromatic heterocycles. The topological polar surface area (TPSA) is 38.8 Å². The number of rotatable bonds is 7. The molecule has 1 aromatic rings. The Bertz CT molecular complexity index is 397. The van der Waals surface area contributed by atoms with Gasteiger partial charge in [0.2, 0.25) is 0 Å². The van der Waals surface area contributed by atoms with Gasteiger partial charge in [0.05, 0.1) is 12.2 Å². The van der Waals surface area contributed by atoms with E-state index in [0.717, 1.165) is 18.1 Å². The summed E-state index contributed by atoms with van der Waals surface area (Å²) in [5.41, 5.74) is 0.457. The number of terminal acetylenes is 1. The molecule has 0 radical (unpaired) electrons. The zero-order chi connectivity index (χ0) is 13.2. The van der Waals surface area contributed by atoms with Crippen molar-refractivity contribution in [1.82, 2.24) is 5.23 Å². The molecule has 0 amide bonds. The number of hydrogen-bond donors (Lipinski definition) is 0. The molecule has 1 aromatic carbocycles. The molecule has 4 nitrogen and oxygen atoms in total. The van der Waals surface area contributed by atoms with Crippen LogP contribution < -0.4 is 0 Å². The lowest BCUT2D eigenvalue weighted by Crippen LogP contribution is -2.28. The minimum absolute atomic E-state index is 0.0995. The summed E-state index contributed by atoms with van der Waals surface area (Å²) in [5, 5.41) is 1.05. The minimum Gasteiger partial charge on any atom is -0.337 e. The summed E-state index contributed by atoms with van der Waals surface area (Å²) in [5.74, 6) is 1.89. The van der Waals surface area contributed by atoms with Crippen LogP contribution in [0.3, 0.4) is 0 Å². The molecule has 0 aliphatic heterocycles. The quantitative estimate of drug-likeness (QED) is 0.421. The zero-order valence-corrected chi connectivity index (χ0v) is 10.5. The molecule has 0 N–H and O–H groups in total. The lowest BCUT2D eigenvalue weighted by Gasteiger charge is -2.17. The Labute approximate surface area is 107 Å². The van der Waals surface area contributed by atoms with Crippen LogP contribution in [0.2, 0.25) is 0 Å². The highest BCUT2D eigenvalue weighted by atomic mass is 17.0.